The molecule has 0 radical (unpaired) electrons. The van der Waals surface area contributed by atoms with Gasteiger partial charge in [-0.25, -0.2) is 4.98 Å². The van der Waals surface area contributed by atoms with Gasteiger partial charge in [-0.15, -0.1) is 0 Å². The highest BCUT2D eigenvalue weighted by Gasteiger charge is 1.58. The van der Waals surface area contributed by atoms with Gasteiger partial charge < -0.3 is 0 Å². The molecule has 3 N–H and O–H groups in total. The molecule has 0 saturated heterocycles. The minimum absolute atomic E-state index is 1.44. The third-order valence-corrected chi connectivity index (χ3v) is 0.994. The minimum Gasteiger partial charge on any atom is -0.266 e. The molecule has 0 fully saturated rings. The standard InChI is InChI=1S/3C2H3N3/c1-3-2-5-4-1;2*1-2-4-5-3-1/h3*1-2H,(H,3,4,5). The van der Waals surface area contributed by atoms with Gasteiger partial charge in [-0.2, -0.15) is 35.9 Å². The Kier molecular flexibility index (Phi) is 5.63. The first-order chi connectivity index (χ1) is 7.50. The number of rotatable bonds is 0. The van der Waals surface area contributed by atoms with E-state index in [-0.39, 0.29) is 0 Å². The van der Waals surface area contributed by atoms with Crippen molar-refractivity contribution in [3.8, 4) is 0 Å². The minimum atomic E-state index is 1.44. The van der Waals surface area contributed by atoms with Gasteiger partial charge in [-0.1, -0.05) is 0 Å². The smallest absolute Gasteiger partial charge is 0.137 e. The Morgan fingerprint density at radius 2 is 1.20 bits per heavy atom. The van der Waals surface area contributed by atoms with Crippen LogP contribution in [0.2, 0.25) is 0 Å². The second-order valence-corrected chi connectivity index (χ2v) is 1.96. The second kappa shape index (κ2) is 8.04. The van der Waals surface area contributed by atoms with Gasteiger partial charge in [0.1, 0.15) is 12.7 Å². The number of aromatic amines is 3. The molecule has 9 nitrogen and oxygen atoms in total. The van der Waals surface area contributed by atoms with Gasteiger partial charge in [0.25, 0.3) is 0 Å². The second-order valence-electron chi connectivity index (χ2n) is 1.96. The molecule has 0 aliphatic rings. The zero-order valence-corrected chi connectivity index (χ0v) is 7.65. The molecule has 0 amide bonds. The Morgan fingerprint density at radius 3 is 1.33 bits per heavy atom. The fourth-order valence-corrected chi connectivity index (χ4v) is 0.500. The molecular formula is C6H9N9. The summed E-state index contributed by atoms with van der Waals surface area (Å²) in [4.78, 5) is 3.56. The van der Waals surface area contributed by atoms with Crippen molar-refractivity contribution in [1.29, 1.82) is 0 Å². The van der Waals surface area contributed by atoms with Crippen LogP contribution in [0.4, 0.5) is 0 Å². The van der Waals surface area contributed by atoms with E-state index in [9.17, 15) is 0 Å². The fraction of sp³-hybridized carbons (Fsp3) is 0. The van der Waals surface area contributed by atoms with E-state index in [1.54, 1.807) is 24.8 Å². The highest BCUT2D eigenvalue weighted by molar-refractivity contribution is 4.55. The Balaban J connectivity index is 0.000000112. The summed E-state index contributed by atoms with van der Waals surface area (Å²) in [6.07, 6.45) is 9.29. The largest absolute Gasteiger partial charge is 0.266 e. The first-order valence-corrected chi connectivity index (χ1v) is 3.88. The average molecular weight is 207 g/mol. The first-order valence-electron chi connectivity index (χ1n) is 3.88. The van der Waals surface area contributed by atoms with Gasteiger partial charge in [0.15, 0.2) is 0 Å². The molecule has 0 aromatic carbocycles. The maximum absolute atomic E-state index is 3.56. The van der Waals surface area contributed by atoms with Crippen LogP contribution in [0.5, 0.6) is 0 Å². The third kappa shape index (κ3) is 6.57. The lowest BCUT2D eigenvalue weighted by molar-refractivity contribution is 0.940. The van der Waals surface area contributed by atoms with Crippen molar-refractivity contribution in [2.75, 3.05) is 0 Å². The summed E-state index contributed by atoms with van der Waals surface area (Å²) in [6.45, 7) is 0. The molecule has 3 aromatic rings. The zero-order valence-electron chi connectivity index (χ0n) is 7.65. The van der Waals surface area contributed by atoms with Gasteiger partial charge in [0.05, 0.1) is 24.8 Å². The number of hydrogen-bond donors (Lipinski definition) is 3. The molecular weight excluding hydrogens is 198 g/mol. The van der Waals surface area contributed by atoms with Crippen molar-refractivity contribution < 1.29 is 0 Å². The quantitative estimate of drug-likeness (QED) is 0.452. The number of hydrogen-bond acceptors (Lipinski definition) is 6. The summed E-state index contributed by atoms with van der Waals surface area (Å²) in [7, 11) is 0. The normalized spacial score (nSPS) is 8.00. The third-order valence-electron chi connectivity index (χ3n) is 0.994. The van der Waals surface area contributed by atoms with Crippen LogP contribution in [0.1, 0.15) is 0 Å². The van der Waals surface area contributed by atoms with Crippen molar-refractivity contribution in [3.05, 3.63) is 37.4 Å². The van der Waals surface area contributed by atoms with E-state index in [4.69, 9.17) is 0 Å². The van der Waals surface area contributed by atoms with E-state index < -0.39 is 0 Å². The van der Waals surface area contributed by atoms with Crippen molar-refractivity contribution >= 4 is 0 Å². The summed E-state index contributed by atoms with van der Waals surface area (Å²) in [5.74, 6) is 0. The molecule has 15 heavy (non-hydrogen) atoms. The molecule has 0 bridgehead atoms. The van der Waals surface area contributed by atoms with Gasteiger partial charge in [0, 0.05) is 0 Å². The number of aromatic nitrogens is 9. The van der Waals surface area contributed by atoms with Gasteiger partial charge in [-0.3, -0.25) is 5.10 Å². The predicted octanol–water partition coefficient (Wildman–Crippen LogP) is -0.586. The predicted molar refractivity (Wildman–Crippen MR) is 49.1 cm³/mol. The zero-order chi connectivity index (χ0) is 10.6. The molecule has 3 heterocycles. The molecule has 0 aliphatic carbocycles. The van der Waals surface area contributed by atoms with Crippen LogP contribution < -0.4 is 0 Å². The lowest BCUT2D eigenvalue weighted by Gasteiger charge is -1.48. The molecule has 78 valence electrons. The summed E-state index contributed by atoms with van der Waals surface area (Å²) in [5, 5.41) is 24.7. The summed E-state index contributed by atoms with van der Waals surface area (Å²) >= 11 is 0. The van der Waals surface area contributed by atoms with Crippen LogP contribution in [0.3, 0.4) is 0 Å². The van der Waals surface area contributed by atoms with Crippen molar-refractivity contribution in [3.63, 3.8) is 0 Å². The molecule has 0 unspecified atom stereocenters. The van der Waals surface area contributed by atoms with Crippen LogP contribution in [0.25, 0.3) is 0 Å². The highest BCUT2D eigenvalue weighted by Crippen LogP contribution is 1.56. The summed E-state index contributed by atoms with van der Waals surface area (Å²) < 4.78 is 0. The Hall–Kier alpha value is -2.58. The van der Waals surface area contributed by atoms with E-state index in [1.807, 2.05) is 0 Å². The topological polar surface area (TPSA) is 125 Å². The monoisotopic (exact) mass is 207 g/mol. The lowest BCUT2D eigenvalue weighted by Crippen LogP contribution is -1.61. The molecule has 3 rings (SSSR count). The Morgan fingerprint density at radius 1 is 0.667 bits per heavy atom. The summed E-state index contributed by atoms with van der Waals surface area (Å²) in [5.41, 5.74) is 0. The Bertz CT molecular complexity index is 247. The summed E-state index contributed by atoms with van der Waals surface area (Å²) in [6, 6.07) is 0. The molecule has 0 atom stereocenters. The van der Waals surface area contributed by atoms with E-state index in [2.05, 4.69) is 46.0 Å². The van der Waals surface area contributed by atoms with Gasteiger partial charge >= 0.3 is 0 Å². The first kappa shape index (κ1) is 10.5. The molecule has 9 heteroatoms. The fourth-order valence-electron chi connectivity index (χ4n) is 0.500. The van der Waals surface area contributed by atoms with Crippen molar-refractivity contribution in [1.82, 2.24) is 46.0 Å². The molecule has 3 aromatic heterocycles. The number of H-pyrrole nitrogens is 3. The van der Waals surface area contributed by atoms with E-state index >= 15 is 0 Å². The number of nitrogens with zero attached hydrogens (tertiary/aromatic N) is 6. The molecule has 0 saturated carbocycles. The van der Waals surface area contributed by atoms with Crippen molar-refractivity contribution in [2.45, 2.75) is 0 Å². The highest BCUT2D eigenvalue weighted by atomic mass is 15.3. The van der Waals surface area contributed by atoms with Crippen LogP contribution in [-0.4, -0.2) is 46.0 Å². The van der Waals surface area contributed by atoms with Crippen LogP contribution >= 0.6 is 0 Å². The van der Waals surface area contributed by atoms with Crippen LogP contribution in [0, 0.1) is 0 Å². The van der Waals surface area contributed by atoms with Crippen molar-refractivity contribution in [2.24, 2.45) is 0 Å². The maximum atomic E-state index is 3.56. The molecule has 0 aliphatic heterocycles. The molecule has 0 spiro atoms. The van der Waals surface area contributed by atoms with E-state index in [1.165, 1.54) is 12.7 Å². The van der Waals surface area contributed by atoms with Gasteiger partial charge in [-0.05, 0) is 0 Å². The lowest BCUT2D eigenvalue weighted by atomic mass is 11.0. The van der Waals surface area contributed by atoms with E-state index in [0.717, 1.165) is 0 Å². The number of nitrogens with one attached hydrogen (secondary N) is 3. The average Bonchev–Trinajstić information content (AvgIpc) is 3.09. The Labute approximate surface area is 84.3 Å². The maximum Gasteiger partial charge on any atom is 0.137 e. The van der Waals surface area contributed by atoms with Crippen LogP contribution in [0.15, 0.2) is 37.4 Å². The van der Waals surface area contributed by atoms with E-state index in [0.29, 0.717) is 0 Å². The van der Waals surface area contributed by atoms with Crippen LogP contribution in [-0.2, 0) is 0 Å². The van der Waals surface area contributed by atoms with Gasteiger partial charge in [0.2, 0.25) is 0 Å². The SMILES string of the molecule is c1cn[nH]n1.c1cn[nH]n1.c1nc[nH]n1.